The standard InChI is InChI=1S/C11H11ClN2/c1-8-7-13-14(9(8)2)11-6-4-3-5-10(11)12/h3-7H,1-2H3. The van der Waals surface area contributed by atoms with E-state index in [0.29, 0.717) is 0 Å². The summed E-state index contributed by atoms with van der Waals surface area (Å²) < 4.78 is 1.86. The maximum atomic E-state index is 6.08. The minimum atomic E-state index is 0.721. The molecule has 0 amide bonds. The van der Waals surface area contributed by atoms with Crippen LogP contribution in [-0.2, 0) is 0 Å². The molecule has 1 aromatic carbocycles. The van der Waals surface area contributed by atoms with Crippen molar-refractivity contribution in [2.45, 2.75) is 13.8 Å². The highest BCUT2D eigenvalue weighted by Crippen LogP contribution is 2.21. The summed E-state index contributed by atoms with van der Waals surface area (Å²) in [7, 11) is 0. The number of aryl methyl sites for hydroxylation is 1. The smallest absolute Gasteiger partial charge is 0.0834 e. The third kappa shape index (κ3) is 1.42. The van der Waals surface area contributed by atoms with Crippen molar-refractivity contribution in [3.8, 4) is 5.69 Å². The van der Waals surface area contributed by atoms with Gasteiger partial charge < -0.3 is 0 Å². The Kier molecular flexibility index (Phi) is 2.30. The van der Waals surface area contributed by atoms with Gasteiger partial charge in [0.25, 0.3) is 0 Å². The summed E-state index contributed by atoms with van der Waals surface area (Å²) in [6, 6.07) is 7.70. The molecule has 14 heavy (non-hydrogen) atoms. The van der Waals surface area contributed by atoms with Gasteiger partial charge in [0.2, 0.25) is 0 Å². The van der Waals surface area contributed by atoms with Gasteiger partial charge in [-0.15, -0.1) is 0 Å². The molecule has 0 saturated carbocycles. The van der Waals surface area contributed by atoms with Crippen molar-refractivity contribution in [1.29, 1.82) is 0 Å². The van der Waals surface area contributed by atoms with Crippen molar-refractivity contribution < 1.29 is 0 Å². The Balaban J connectivity index is 2.60. The summed E-state index contributed by atoms with van der Waals surface area (Å²) in [5.41, 5.74) is 3.22. The summed E-state index contributed by atoms with van der Waals surface area (Å²) in [6.45, 7) is 4.07. The molecule has 0 aliphatic carbocycles. The molecule has 0 aliphatic heterocycles. The van der Waals surface area contributed by atoms with Gasteiger partial charge in [0.05, 0.1) is 16.9 Å². The van der Waals surface area contributed by atoms with E-state index in [2.05, 4.69) is 5.10 Å². The van der Waals surface area contributed by atoms with Crippen LogP contribution in [-0.4, -0.2) is 9.78 Å². The van der Waals surface area contributed by atoms with Crippen molar-refractivity contribution in [2.75, 3.05) is 0 Å². The average Bonchev–Trinajstić information content (AvgIpc) is 2.49. The second-order valence-corrected chi connectivity index (χ2v) is 3.68. The molecular weight excluding hydrogens is 196 g/mol. The fourth-order valence-electron chi connectivity index (χ4n) is 1.36. The molecule has 0 saturated heterocycles. The summed E-state index contributed by atoms with van der Waals surface area (Å²) in [5.74, 6) is 0. The molecule has 0 unspecified atom stereocenters. The Morgan fingerprint density at radius 1 is 1.21 bits per heavy atom. The van der Waals surface area contributed by atoms with E-state index >= 15 is 0 Å². The van der Waals surface area contributed by atoms with Gasteiger partial charge in [0.1, 0.15) is 0 Å². The normalized spacial score (nSPS) is 10.5. The van der Waals surface area contributed by atoms with Crippen LogP contribution in [0.2, 0.25) is 5.02 Å². The quantitative estimate of drug-likeness (QED) is 0.701. The van der Waals surface area contributed by atoms with Crippen LogP contribution in [0.4, 0.5) is 0 Å². The predicted molar refractivity (Wildman–Crippen MR) is 58.0 cm³/mol. The van der Waals surface area contributed by atoms with Crippen LogP contribution < -0.4 is 0 Å². The lowest BCUT2D eigenvalue weighted by atomic mass is 10.3. The summed E-state index contributed by atoms with van der Waals surface area (Å²) in [6.07, 6.45) is 1.85. The van der Waals surface area contributed by atoms with Crippen molar-refractivity contribution in [3.63, 3.8) is 0 Å². The van der Waals surface area contributed by atoms with E-state index in [1.165, 1.54) is 5.56 Å². The minimum absolute atomic E-state index is 0.721. The zero-order chi connectivity index (χ0) is 10.1. The number of aromatic nitrogens is 2. The molecule has 2 aromatic rings. The van der Waals surface area contributed by atoms with Crippen LogP contribution in [0.25, 0.3) is 5.69 Å². The van der Waals surface area contributed by atoms with E-state index in [1.807, 2.05) is 49.0 Å². The van der Waals surface area contributed by atoms with Gasteiger partial charge in [-0.3, -0.25) is 0 Å². The molecule has 0 spiro atoms. The average molecular weight is 207 g/mol. The zero-order valence-electron chi connectivity index (χ0n) is 8.16. The maximum Gasteiger partial charge on any atom is 0.0834 e. The zero-order valence-corrected chi connectivity index (χ0v) is 8.92. The number of nitrogens with zero attached hydrogens (tertiary/aromatic N) is 2. The van der Waals surface area contributed by atoms with E-state index in [0.717, 1.165) is 16.4 Å². The molecule has 1 heterocycles. The molecule has 3 heteroatoms. The summed E-state index contributed by atoms with van der Waals surface area (Å²) >= 11 is 6.08. The number of hydrogen-bond acceptors (Lipinski definition) is 1. The van der Waals surface area contributed by atoms with Crippen LogP contribution in [0.5, 0.6) is 0 Å². The molecular formula is C11H11ClN2. The molecule has 1 aromatic heterocycles. The van der Waals surface area contributed by atoms with E-state index in [1.54, 1.807) is 0 Å². The van der Waals surface area contributed by atoms with Crippen molar-refractivity contribution in [1.82, 2.24) is 9.78 Å². The fourth-order valence-corrected chi connectivity index (χ4v) is 1.57. The van der Waals surface area contributed by atoms with Crippen LogP contribution in [0, 0.1) is 13.8 Å². The molecule has 0 radical (unpaired) electrons. The van der Waals surface area contributed by atoms with Crippen LogP contribution in [0.1, 0.15) is 11.3 Å². The number of halogens is 1. The van der Waals surface area contributed by atoms with Crippen molar-refractivity contribution >= 4 is 11.6 Å². The first-order valence-electron chi connectivity index (χ1n) is 4.46. The van der Waals surface area contributed by atoms with Gasteiger partial charge in [0, 0.05) is 5.69 Å². The predicted octanol–water partition coefficient (Wildman–Crippen LogP) is 3.14. The molecule has 0 bridgehead atoms. The molecule has 2 nitrogen and oxygen atoms in total. The maximum absolute atomic E-state index is 6.08. The van der Waals surface area contributed by atoms with Gasteiger partial charge in [-0.1, -0.05) is 23.7 Å². The first-order chi connectivity index (χ1) is 6.70. The number of para-hydroxylation sites is 1. The lowest BCUT2D eigenvalue weighted by molar-refractivity contribution is 0.846. The molecule has 2 rings (SSSR count). The lowest BCUT2D eigenvalue weighted by Crippen LogP contribution is -1.99. The Labute approximate surface area is 88.1 Å². The highest BCUT2D eigenvalue weighted by atomic mass is 35.5. The molecule has 0 aliphatic rings. The van der Waals surface area contributed by atoms with Gasteiger partial charge in [-0.2, -0.15) is 5.10 Å². The Morgan fingerprint density at radius 3 is 2.50 bits per heavy atom. The largest absolute Gasteiger partial charge is 0.236 e. The van der Waals surface area contributed by atoms with E-state index < -0.39 is 0 Å². The van der Waals surface area contributed by atoms with Gasteiger partial charge in [0.15, 0.2) is 0 Å². The summed E-state index contributed by atoms with van der Waals surface area (Å²) in [4.78, 5) is 0. The van der Waals surface area contributed by atoms with E-state index in [4.69, 9.17) is 11.6 Å². The van der Waals surface area contributed by atoms with Gasteiger partial charge in [-0.05, 0) is 31.5 Å². The fraction of sp³-hybridized carbons (Fsp3) is 0.182. The topological polar surface area (TPSA) is 17.8 Å². The van der Waals surface area contributed by atoms with Gasteiger partial charge in [-0.25, -0.2) is 4.68 Å². The molecule has 0 N–H and O–H groups in total. The third-order valence-electron chi connectivity index (χ3n) is 2.34. The monoisotopic (exact) mass is 206 g/mol. The first-order valence-corrected chi connectivity index (χ1v) is 4.84. The van der Waals surface area contributed by atoms with Crippen LogP contribution in [0.15, 0.2) is 30.5 Å². The second-order valence-electron chi connectivity index (χ2n) is 3.28. The van der Waals surface area contributed by atoms with E-state index in [-0.39, 0.29) is 0 Å². The Morgan fingerprint density at radius 2 is 1.93 bits per heavy atom. The van der Waals surface area contributed by atoms with Crippen LogP contribution in [0.3, 0.4) is 0 Å². The molecule has 0 atom stereocenters. The lowest BCUT2D eigenvalue weighted by Gasteiger charge is -2.06. The third-order valence-corrected chi connectivity index (χ3v) is 2.66. The molecule has 0 fully saturated rings. The second kappa shape index (κ2) is 3.46. The first kappa shape index (κ1) is 9.28. The summed E-state index contributed by atoms with van der Waals surface area (Å²) in [5, 5.41) is 5.00. The van der Waals surface area contributed by atoms with Gasteiger partial charge >= 0.3 is 0 Å². The van der Waals surface area contributed by atoms with E-state index in [9.17, 15) is 0 Å². The highest BCUT2D eigenvalue weighted by Gasteiger charge is 2.06. The highest BCUT2D eigenvalue weighted by molar-refractivity contribution is 6.32. The Hall–Kier alpha value is -1.28. The Bertz CT molecular complexity index is 460. The number of hydrogen-bond donors (Lipinski definition) is 0. The van der Waals surface area contributed by atoms with Crippen molar-refractivity contribution in [2.24, 2.45) is 0 Å². The van der Waals surface area contributed by atoms with Crippen molar-refractivity contribution in [3.05, 3.63) is 46.7 Å². The minimum Gasteiger partial charge on any atom is -0.236 e. The SMILES string of the molecule is Cc1cnn(-c2ccccc2Cl)c1C. The number of benzene rings is 1. The number of rotatable bonds is 1. The molecule has 72 valence electrons. The van der Waals surface area contributed by atoms with Crippen LogP contribution >= 0.6 is 11.6 Å².